The molecule has 0 aliphatic heterocycles. The largest absolute Gasteiger partial charge is 0.294 e. The van der Waals surface area contributed by atoms with Crippen LogP contribution in [0.3, 0.4) is 0 Å². The SMILES string of the molecule is c1ccc(-c2nc(-c3cccc(-c4cccc5ccccc45)c3)nc3c2c2ccccc2n3-c2ccccc2)cc1. The van der Waals surface area contributed by atoms with Gasteiger partial charge in [0.15, 0.2) is 5.82 Å². The summed E-state index contributed by atoms with van der Waals surface area (Å²) in [6, 6.07) is 53.0. The van der Waals surface area contributed by atoms with E-state index in [9.17, 15) is 0 Å². The van der Waals surface area contributed by atoms with Crippen LogP contribution < -0.4 is 0 Å². The second-order valence-corrected chi connectivity index (χ2v) is 10.3. The average Bonchev–Trinajstić information content (AvgIpc) is 3.39. The van der Waals surface area contributed by atoms with E-state index in [-0.39, 0.29) is 0 Å². The van der Waals surface area contributed by atoms with Crippen molar-refractivity contribution >= 4 is 32.7 Å². The molecular formula is C38H25N3. The van der Waals surface area contributed by atoms with Crippen molar-refractivity contribution in [3.8, 4) is 39.5 Å². The third-order valence-electron chi connectivity index (χ3n) is 7.80. The molecule has 0 N–H and O–H groups in total. The number of benzene rings is 6. The summed E-state index contributed by atoms with van der Waals surface area (Å²) in [5.41, 5.74) is 8.43. The van der Waals surface area contributed by atoms with Gasteiger partial charge in [-0.05, 0) is 46.2 Å². The van der Waals surface area contributed by atoms with Crippen LogP contribution in [0.25, 0.3) is 72.2 Å². The first kappa shape index (κ1) is 23.4. The fourth-order valence-electron chi connectivity index (χ4n) is 5.93. The summed E-state index contributed by atoms with van der Waals surface area (Å²) < 4.78 is 2.26. The summed E-state index contributed by atoms with van der Waals surface area (Å²) in [5.74, 6) is 0.707. The minimum absolute atomic E-state index is 0.707. The van der Waals surface area contributed by atoms with Gasteiger partial charge in [0.2, 0.25) is 0 Å². The van der Waals surface area contributed by atoms with E-state index in [0.717, 1.165) is 50.0 Å². The normalized spacial score (nSPS) is 11.4. The zero-order valence-electron chi connectivity index (χ0n) is 22.3. The van der Waals surface area contributed by atoms with Gasteiger partial charge in [0.25, 0.3) is 0 Å². The topological polar surface area (TPSA) is 30.7 Å². The maximum Gasteiger partial charge on any atom is 0.162 e. The van der Waals surface area contributed by atoms with E-state index in [1.165, 1.54) is 16.3 Å². The van der Waals surface area contributed by atoms with Crippen molar-refractivity contribution in [1.29, 1.82) is 0 Å². The molecule has 8 aromatic rings. The lowest BCUT2D eigenvalue weighted by Crippen LogP contribution is -1.99. The minimum Gasteiger partial charge on any atom is -0.294 e. The molecule has 0 saturated heterocycles. The van der Waals surface area contributed by atoms with Crippen LogP contribution in [0.5, 0.6) is 0 Å². The Labute approximate surface area is 238 Å². The first-order valence-electron chi connectivity index (χ1n) is 13.9. The van der Waals surface area contributed by atoms with E-state index in [1.807, 2.05) is 12.1 Å². The first-order valence-corrected chi connectivity index (χ1v) is 13.9. The fraction of sp³-hybridized carbons (Fsp3) is 0. The standard InChI is InChI=1S/C38H25N3/c1-3-14-27(15-4-1)36-35-33-22-9-10-24-34(33)41(30-19-5-2-6-20-30)38(35)40-37(39-36)29-18-11-17-28(25-29)32-23-12-16-26-13-7-8-21-31(26)32/h1-25H. The van der Waals surface area contributed by atoms with E-state index in [1.54, 1.807) is 0 Å². The van der Waals surface area contributed by atoms with Crippen LogP contribution in [0.2, 0.25) is 0 Å². The lowest BCUT2D eigenvalue weighted by atomic mass is 9.97. The molecule has 0 aliphatic carbocycles. The molecule has 3 nitrogen and oxygen atoms in total. The molecule has 0 radical (unpaired) electrons. The summed E-state index contributed by atoms with van der Waals surface area (Å²) in [7, 11) is 0. The van der Waals surface area contributed by atoms with Gasteiger partial charge in [-0.25, -0.2) is 9.97 Å². The number of aromatic nitrogens is 3. The molecule has 0 unspecified atom stereocenters. The molecule has 0 atom stereocenters. The van der Waals surface area contributed by atoms with Crippen molar-refractivity contribution in [3.05, 3.63) is 152 Å². The molecule has 3 heteroatoms. The molecular weight excluding hydrogens is 498 g/mol. The van der Waals surface area contributed by atoms with Crippen molar-refractivity contribution in [2.45, 2.75) is 0 Å². The van der Waals surface area contributed by atoms with E-state index < -0.39 is 0 Å². The second-order valence-electron chi connectivity index (χ2n) is 10.3. The van der Waals surface area contributed by atoms with Gasteiger partial charge in [-0.3, -0.25) is 4.57 Å². The molecule has 2 aromatic heterocycles. The zero-order valence-corrected chi connectivity index (χ0v) is 22.3. The summed E-state index contributed by atoms with van der Waals surface area (Å²) >= 11 is 0. The summed E-state index contributed by atoms with van der Waals surface area (Å²) in [4.78, 5) is 10.6. The average molecular weight is 524 g/mol. The van der Waals surface area contributed by atoms with Crippen LogP contribution >= 0.6 is 0 Å². The zero-order chi connectivity index (χ0) is 27.2. The third kappa shape index (κ3) is 3.90. The van der Waals surface area contributed by atoms with E-state index >= 15 is 0 Å². The maximum absolute atomic E-state index is 5.29. The van der Waals surface area contributed by atoms with Gasteiger partial charge < -0.3 is 0 Å². The summed E-state index contributed by atoms with van der Waals surface area (Å²) in [6.45, 7) is 0. The predicted molar refractivity (Wildman–Crippen MR) is 170 cm³/mol. The predicted octanol–water partition coefficient (Wildman–Crippen LogP) is 9.73. The Morgan fingerprint density at radius 3 is 1.95 bits per heavy atom. The number of hydrogen-bond donors (Lipinski definition) is 0. The highest BCUT2D eigenvalue weighted by atomic mass is 15.1. The molecule has 6 aromatic carbocycles. The molecule has 8 rings (SSSR count). The Hall–Kier alpha value is -5.54. The number of fused-ring (bicyclic) bond motifs is 4. The molecule has 2 heterocycles. The molecule has 0 bridgehead atoms. The maximum atomic E-state index is 5.29. The monoisotopic (exact) mass is 523 g/mol. The third-order valence-corrected chi connectivity index (χ3v) is 7.80. The fourth-order valence-corrected chi connectivity index (χ4v) is 5.93. The van der Waals surface area contributed by atoms with Gasteiger partial charge in [0.1, 0.15) is 5.65 Å². The van der Waals surface area contributed by atoms with Crippen LogP contribution in [-0.4, -0.2) is 14.5 Å². The highest BCUT2D eigenvalue weighted by Crippen LogP contribution is 2.38. The smallest absolute Gasteiger partial charge is 0.162 e. The molecule has 192 valence electrons. The quantitative estimate of drug-likeness (QED) is 0.230. The number of nitrogens with zero attached hydrogens (tertiary/aromatic N) is 3. The lowest BCUT2D eigenvalue weighted by molar-refractivity contribution is 1.11. The Morgan fingerprint density at radius 1 is 0.463 bits per heavy atom. The highest BCUT2D eigenvalue weighted by Gasteiger charge is 2.20. The minimum atomic E-state index is 0.707. The summed E-state index contributed by atoms with van der Waals surface area (Å²) in [5, 5.41) is 4.66. The molecule has 0 saturated carbocycles. The van der Waals surface area contributed by atoms with Gasteiger partial charge in [0, 0.05) is 22.2 Å². The lowest BCUT2D eigenvalue weighted by Gasteiger charge is -2.12. The molecule has 0 aliphatic rings. The number of hydrogen-bond acceptors (Lipinski definition) is 2. The van der Waals surface area contributed by atoms with Gasteiger partial charge in [-0.15, -0.1) is 0 Å². The van der Waals surface area contributed by atoms with Crippen molar-refractivity contribution in [3.63, 3.8) is 0 Å². The van der Waals surface area contributed by atoms with Crippen LogP contribution in [0.4, 0.5) is 0 Å². The van der Waals surface area contributed by atoms with Crippen LogP contribution in [0.15, 0.2) is 152 Å². The Bertz CT molecular complexity index is 2190. The highest BCUT2D eigenvalue weighted by molar-refractivity contribution is 6.14. The van der Waals surface area contributed by atoms with Crippen LogP contribution in [-0.2, 0) is 0 Å². The van der Waals surface area contributed by atoms with Gasteiger partial charge in [-0.1, -0.05) is 127 Å². The first-order chi connectivity index (χ1) is 20.3. The van der Waals surface area contributed by atoms with E-state index in [4.69, 9.17) is 9.97 Å². The Kier molecular flexibility index (Phi) is 5.46. The van der Waals surface area contributed by atoms with Gasteiger partial charge in [-0.2, -0.15) is 0 Å². The molecule has 41 heavy (non-hydrogen) atoms. The molecule has 0 spiro atoms. The number of para-hydroxylation sites is 2. The van der Waals surface area contributed by atoms with Gasteiger partial charge >= 0.3 is 0 Å². The van der Waals surface area contributed by atoms with Crippen molar-refractivity contribution in [2.75, 3.05) is 0 Å². The van der Waals surface area contributed by atoms with E-state index in [0.29, 0.717) is 5.82 Å². The second kappa shape index (κ2) is 9.58. The van der Waals surface area contributed by atoms with E-state index in [2.05, 4.69) is 144 Å². The van der Waals surface area contributed by atoms with Crippen molar-refractivity contribution < 1.29 is 0 Å². The Balaban J connectivity index is 1.43. The Morgan fingerprint density at radius 2 is 1.10 bits per heavy atom. The molecule has 0 amide bonds. The summed E-state index contributed by atoms with van der Waals surface area (Å²) in [6.07, 6.45) is 0. The van der Waals surface area contributed by atoms with Crippen LogP contribution in [0.1, 0.15) is 0 Å². The molecule has 0 fully saturated rings. The van der Waals surface area contributed by atoms with Crippen molar-refractivity contribution in [2.24, 2.45) is 0 Å². The van der Waals surface area contributed by atoms with Gasteiger partial charge in [0.05, 0.1) is 16.6 Å². The van der Waals surface area contributed by atoms with Crippen molar-refractivity contribution in [1.82, 2.24) is 14.5 Å². The van der Waals surface area contributed by atoms with Crippen LogP contribution in [0, 0.1) is 0 Å². The number of rotatable bonds is 4.